The van der Waals surface area contributed by atoms with Crippen LogP contribution in [0.3, 0.4) is 0 Å². The Kier molecular flexibility index (Phi) is 14.5. The summed E-state index contributed by atoms with van der Waals surface area (Å²) in [6.45, 7) is 7.25. The standard InChI is InChI=1S/C28H38O19/c1-11(29)38-21-19(46-27(44-17(7)35)25(42-15(5)33)23(21)40-13(3)31)9-37-10-20-22(39-12(2)30)24(41-14(4)32)26(43-16(6)34)28(47-20)45-18(8)36/h19-28H,9-10H2,1-8H3/t19-,20-,21+,22+,23+,24+,25-,26-,27?,28?/m1/s1. The molecule has 0 spiro atoms. The molecule has 0 aromatic rings. The van der Waals surface area contributed by atoms with E-state index in [1.807, 2.05) is 0 Å². The third kappa shape index (κ3) is 12.1. The highest BCUT2D eigenvalue weighted by atomic mass is 16.8. The fourth-order valence-electron chi connectivity index (χ4n) is 4.80. The molecule has 0 aromatic heterocycles. The molecule has 2 heterocycles. The van der Waals surface area contributed by atoms with Crippen LogP contribution < -0.4 is 0 Å². The Hall–Kier alpha value is -4.36. The molecule has 0 bridgehead atoms. The Labute approximate surface area is 268 Å². The zero-order valence-corrected chi connectivity index (χ0v) is 26.9. The average molecular weight is 679 g/mol. The van der Waals surface area contributed by atoms with Gasteiger partial charge in [0.05, 0.1) is 13.2 Å². The van der Waals surface area contributed by atoms with Crippen LogP contribution >= 0.6 is 0 Å². The molecule has 0 saturated carbocycles. The van der Waals surface area contributed by atoms with E-state index in [0.717, 1.165) is 55.4 Å². The van der Waals surface area contributed by atoms with E-state index in [9.17, 15) is 38.4 Å². The summed E-state index contributed by atoms with van der Waals surface area (Å²) in [7, 11) is 0. The minimum atomic E-state index is -1.66. The Morgan fingerprint density at radius 2 is 0.596 bits per heavy atom. The van der Waals surface area contributed by atoms with Gasteiger partial charge in [-0.05, 0) is 0 Å². The summed E-state index contributed by atoms with van der Waals surface area (Å²) in [6, 6.07) is 0. The number of esters is 8. The maximum absolute atomic E-state index is 12.1. The summed E-state index contributed by atoms with van der Waals surface area (Å²) in [5.41, 5.74) is 0. The van der Waals surface area contributed by atoms with E-state index in [1.54, 1.807) is 0 Å². The normalized spacial score (nSPS) is 30.0. The van der Waals surface area contributed by atoms with Gasteiger partial charge in [-0.2, -0.15) is 0 Å². The third-order valence-corrected chi connectivity index (χ3v) is 6.12. The van der Waals surface area contributed by atoms with E-state index in [-0.39, 0.29) is 0 Å². The van der Waals surface area contributed by atoms with Crippen molar-refractivity contribution < 1.29 is 90.5 Å². The van der Waals surface area contributed by atoms with E-state index in [2.05, 4.69) is 0 Å². The summed E-state index contributed by atoms with van der Waals surface area (Å²) in [4.78, 5) is 95.6. The maximum atomic E-state index is 12.1. The number of carbonyl (C=O) groups excluding carboxylic acids is 8. The van der Waals surface area contributed by atoms with Crippen LogP contribution in [-0.4, -0.2) is 122 Å². The lowest BCUT2D eigenvalue weighted by molar-refractivity contribution is -0.310. The molecule has 47 heavy (non-hydrogen) atoms. The Bertz CT molecular complexity index is 1110. The van der Waals surface area contributed by atoms with Crippen molar-refractivity contribution in [2.24, 2.45) is 0 Å². The fraction of sp³-hybridized carbons (Fsp3) is 0.714. The summed E-state index contributed by atoms with van der Waals surface area (Å²) < 4.78 is 59.4. The molecule has 19 nitrogen and oxygen atoms in total. The van der Waals surface area contributed by atoms with Crippen LogP contribution in [0.4, 0.5) is 0 Å². The average Bonchev–Trinajstić information content (AvgIpc) is 2.89. The van der Waals surface area contributed by atoms with Crippen molar-refractivity contribution in [1.82, 2.24) is 0 Å². The first-order valence-electron chi connectivity index (χ1n) is 14.2. The molecule has 2 fully saturated rings. The first-order valence-corrected chi connectivity index (χ1v) is 14.2. The van der Waals surface area contributed by atoms with Gasteiger partial charge in [0.2, 0.25) is 24.8 Å². The molecule has 10 atom stereocenters. The Morgan fingerprint density at radius 3 is 0.851 bits per heavy atom. The van der Waals surface area contributed by atoms with Gasteiger partial charge in [0.15, 0.2) is 24.4 Å². The fourth-order valence-corrected chi connectivity index (χ4v) is 4.80. The molecule has 0 aliphatic carbocycles. The van der Waals surface area contributed by atoms with Gasteiger partial charge in [0.25, 0.3) is 0 Å². The lowest BCUT2D eigenvalue weighted by Gasteiger charge is -2.45. The molecular weight excluding hydrogens is 640 g/mol. The van der Waals surface area contributed by atoms with Gasteiger partial charge in [0.1, 0.15) is 12.2 Å². The third-order valence-electron chi connectivity index (χ3n) is 6.12. The van der Waals surface area contributed by atoms with Crippen LogP contribution in [0.2, 0.25) is 0 Å². The minimum absolute atomic E-state index is 0.531. The summed E-state index contributed by atoms with van der Waals surface area (Å²) in [5, 5.41) is 0. The molecule has 0 N–H and O–H groups in total. The second kappa shape index (κ2) is 17.5. The van der Waals surface area contributed by atoms with Crippen molar-refractivity contribution in [1.29, 1.82) is 0 Å². The van der Waals surface area contributed by atoms with E-state index < -0.39 is 122 Å². The monoisotopic (exact) mass is 678 g/mol. The number of rotatable bonds is 12. The molecule has 19 heteroatoms. The zero-order valence-electron chi connectivity index (χ0n) is 26.9. The van der Waals surface area contributed by atoms with Crippen LogP contribution in [0.1, 0.15) is 55.4 Å². The molecule has 0 radical (unpaired) electrons. The van der Waals surface area contributed by atoms with Crippen molar-refractivity contribution >= 4 is 47.8 Å². The van der Waals surface area contributed by atoms with Gasteiger partial charge in [-0.15, -0.1) is 0 Å². The van der Waals surface area contributed by atoms with E-state index in [4.69, 9.17) is 52.1 Å². The lowest BCUT2D eigenvalue weighted by Crippen LogP contribution is -2.64. The number of hydrogen-bond acceptors (Lipinski definition) is 19. The van der Waals surface area contributed by atoms with Crippen LogP contribution in [0.15, 0.2) is 0 Å². The van der Waals surface area contributed by atoms with Crippen LogP contribution in [0, 0.1) is 0 Å². The predicted octanol–water partition coefficient (Wildman–Crippen LogP) is -0.831. The first kappa shape index (κ1) is 38.8. The van der Waals surface area contributed by atoms with Gasteiger partial charge in [-0.1, -0.05) is 0 Å². The van der Waals surface area contributed by atoms with Crippen molar-refractivity contribution in [2.45, 2.75) is 117 Å². The molecule has 2 rings (SSSR count). The van der Waals surface area contributed by atoms with Gasteiger partial charge in [-0.25, -0.2) is 0 Å². The molecule has 2 aliphatic heterocycles. The second-order valence-corrected chi connectivity index (χ2v) is 10.3. The van der Waals surface area contributed by atoms with Gasteiger partial charge >= 0.3 is 47.8 Å². The van der Waals surface area contributed by atoms with Gasteiger partial charge in [0, 0.05) is 55.4 Å². The van der Waals surface area contributed by atoms with E-state index in [0.29, 0.717) is 0 Å². The molecule has 0 aromatic carbocycles. The van der Waals surface area contributed by atoms with Crippen LogP contribution in [0.5, 0.6) is 0 Å². The number of ether oxygens (including phenoxy) is 11. The van der Waals surface area contributed by atoms with E-state index >= 15 is 0 Å². The highest BCUT2D eigenvalue weighted by Gasteiger charge is 2.55. The summed E-state index contributed by atoms with van der Waals surface area (Å²) >= 11 is 0. The van der Waals surface area contributed by atoms with Crippen molar-refractivity contribution in [3.63, 3.8) is 0 Å². The lowest BCUT2D eigenvalue weighted by atomic mass is 9.97. The number of carbonyl (C=O) groups is 8. The molecule has 0 amide bonds. The SMILES string of the molecule is CC(=O)OC1O[C@H](COC[C@H]2OC(OC(C)=O)[C@H](OC(C)=O)[C@@H](OC(C)=O)[C@H]2OC(C)=O)[C@H](OC(C)=O)[C@H](OC(C)=O)[C@H]1OC(C)=O. The van der Waals surface area contributed by atoms with Crippen LogP contribution in [-0.2, 0) is 90.5 Å². The highest BCUT2D eigenvalue weighted by Crippen LogP contribution is 2.32. The Morgan fingerprint density at radius 1 is 0.362 bits per heavy atom. The zero-order chi connectivity index (χ0) is 35.6. The summed E-state index contributed by atoms with van der Waals surface area (Å²) in [6.07, 6.45) is -15.2. The van der Waals surface area contributed by atoms with Crippen LogP contribution in [0.25, 0.3) is 0 Å². The minimum Gasteiger partial charge on any atom is -0.456 e. The molecular formula is C28H38O19. The van der Waals surface area contributed by atoms with Crippen molar-refractivity contribution in [2.75, 3.05) is 13.2 Å². The van der Waals surface area contributed by atoms with Crippen molar-refractivity contribution in [3.05, 3.63) is 0 Å². The molecule has 2 aliphatic rings. The summed E-state index contributed by atoms with van der Waals surface area (Å²) in [5.74, 6) is -6.93. The van der Waals surface area contributed by atoms with Crippen molar-refractivity contribution in [3.8, 4) is 0 Å². The largest absolute Gasteiger partial charge is 0.456 e. The topological polar surface area (TPSA) is 238 Å². The smallest absolute Gasteiger partial charge is 0.305 e. The maximum Gasteiger partial charge on any atom is 0.305 e. The van der Waals surface area contributed by atoms with Gasteiger partial charge < -0.3 is 52.1 Å². The first-order chi connectivity index (χ1) is 21.9. The number of hydrogen-bond donors (Lipinski definition) is 0. The quantitative estimate of drug-likeness (QED) is 0.181. The molecule has 2 unspecified atom stereocenters. The molecule has 2 saturated heterocycles. The van der Waals surface area contributed by atoms with E-state index in [1.165, 1.54) is 0 Å². The second-order valence-electron chi connectivity index (χ2n) is 10.3. The van der Waals surface area contributed by atoms with Gasteiger partial charge in [-0.3, -0.25) is 38.4 Å². The Balaban J connectivity index is 2.45. The highest BCUT2D eigenvalue weighted by molar-refractivity contribution is 5.70. The molecule has 264 valence electrons. The predicted molar refractivity (Wildman–Crippen MR) is 145 cm³/mol.